The molecule has 24 heavy (non-hydrogen) atoms. The Balaban J connectivity index is 1.85. The van der Waals surface area contributed by atoms with Crippen LogP contribution in [0.4, 0.5) is 4.79 Å². The van der Waals surface area contributed by atoms with Crippen LogP contribution in [0.25, 0.3) is 10.9 Å². The van der Waals surface area contributed by atoms with Crippen molar-refractivity contribution in [2.45, 2.75) is 6.23 Å². The third-order valence-corrected chi connectivity index (χ3v) is 4.29. The van der Waals surface area contributed by atoms with Crippen molar-refractivity contribution in [2.24, 2.45) is 0 Å². The highest BCUT2D eigenvalue weighted by Crippen LogP contribution is 2.22. The SMILES string of the molecule is CNC(=O)OC1CN(C)CCN1C(=O)c1cc2cc(Cl)ccc2[nH]1. The molecule has 1 saturated heterocycles. The van der Waals surface area contributed by atoms with E-state index in [2.05, 4.69) is 10.3 Å². The van der Waals surface area contributed by atoms with Crippen molar-refractivity contribution in [3.63, 3.8) is 0 Å². The van der Waals surface area contributed by atoms with Crippen LogP contribution in [0, 0.1) is 0 Å². The van der Waals surface area contributed by atoms with Gasteiger partial charge in [0.1, 0.15) is 5.69 Å². The number of piperazine rings is 1. The zero-order chi connectivity index (χ0) is 17.3. The minimum Gasteiger partial charge on any atom is -0.424 e. The number of carbonyl (C=O) groups is 2. The summed E-state index contributed by atoms with van der Waals surface area (Å²) in [6, 6.07) is 7.16. The first kappa shape index (κ1) is 16.6. The molecule has 1 fully saturated rings. The standard InChI is InChI=1S/C16H19ClN4O3/c1-18-16(23)24-14-9-20(2)5-6-21(14)15(22)13-8-10-7-11(17)3-4-12(10)19-13/h3-4,7-8,14,19H,5-6,9H2,1-2H3,(H,18,23). The van der Waals surface area contributed by atoms with Crippen LogP contribution < -0.4 is 5.32 Å². The number of nitrogens with zero attached hydrogens (tertiary/aromatic N) is 2. The van der Waals surface area contributed by atoms with Gasteiger partial charge in [-0.2, -0.15) is 0 Å². The third kappa shape index (κ3) is 3.32. The highest BCUT2D eigenvalue weighted by molar-refractivity contribution is 6.31. The molecule has 8 heteroatoms. The summed E-state index contributed by atoms with van der Waals surface area (Å²) in [5.74, 6) is -0.204. The monoisotopic (exact) mass is 350 g/mol. The summed E-state index contributed by atoms with van der Waals surface area (Å²) in [6.45, 7) is 1.66. The van der Waals surface area contributed by atoms with E-state index in [1.54, 1.807) is 23.1 Å². The number of benzene rings is 1. The van der Waals surface area contributed by atoms with Crippen molar-refractivity contribution < 1.29 is 14.3 Å². The second-order valence-electron chi connectivity index (χ2n) is 5.79. The van der Waals surface area contributed by atoms with Gasteiger partial charge in [-0.1, -0.05) is 11.6 Å². The topological polar surface area (TPSA) is 77.7 Å². The van der Waals surface area contributed by atoms with E-state index in [-0.39, 0.29) is 5.91 Å². The third-order valence-electron chi connectivity index (χ3n) is 4.06. The van der Waals surface area contributed by atoms with Crippen LogP contribution in [-0.4, -0.2) is 66.7 Å². The summed E-state index contributed by atoms with van der Waals surface area (Å²) in [5, 5.41) is 3.89. The Labute approximate surface area is 144 Å². The van der Waals surface area contributed by atoms with Gasteiger partial charge in [-0.15, -0.1) is 0 Å². The number of fused-ring (bicyclic) bond motifs is 1. The van der Waals surface area contributed by atoms with Crippen molar-refractivity contribution in [3.8, 4) is 0 Å². The van der Waals surface area contributed by atoms with Gasteiger partial charge in [0.15, 0.2) is 6.23 Å². The van der Waals surface area contributed by atoms with Gasteiger partial charge in [-0.25, -0.2) is 4.79 Å². The van der Waals surface area contributed by atoms with Crippen LogP contribution >= 0.6 is 11.6 Å². The van der Waals surface area contributed by atoms with E-state index in [0.29, 0.717) is 30.4 Å². The van der Waals surface area contributed by atoms with Gasteiger partial charge >= 0.3 is 6.09 Å². The number of likely N-dealkylation sites (N-methyl/N-ethyl adjacent to an activating group) is 1. The lowest BCUT2D eigenvalue weighted by molar-refractivity contribution is -0.0424. The van der Waals surface area contributed by atoms with E-state index >= 15 is 0 Å². The molecule has 128 valence electrons. The lowest BCUT2D eigenvalue weighted by Gasteiger charge is -2.38. The van der Waals surface area contributed by atoms with Crippen molar-refractivity contribution >= 4 is 34.5 Å². The van der Waals surface area contributed by atoms with Crippen molar-refractivity contribution in [3.05, 3.63) is 35.0 Å². The molecular formula is C16H19ClN4O3. The molecule has 0 saturated carbocycles. The average Bonchev–Trinajstić information content (AvgIpc) is 2.97. The van der Waals surface area contributed by atoms with Gasteiger partial charge in [0.25, 0.3) is 5.91 Å². The first-order valence-electron chi connectivity index (χ1n) is 7.64. The summed E-state index contributed by atoms with van der Waals surface area (Å²) in [4.78, 5) is 31.1. The Morgan fingerprint density at radius 2 is 2.12 bits per heavy atom. The molecule has 0 bridgehead atoms. The number of hydrogen-bond acceptors (Lipinski definition) is 4. The highest BCUT2D eigenvalue weighted by atomic mass is 35.5. The van der Waals surface area contributed by atoms with Crippen molar-refractivity contribution in [1.82, 2.24) is 20.1 Å². The predicted molar refractivity (Wildman–Crippen MR) is 91.2 cm³/mol. The molecule has 2 aromatic rings. The fourth-order valence-corrected chi connectivity index (χ4v) is 2.95. The maximum absolute atomic E-state index is 12.9. The quantitative estimate of drug-likeness (QED) is 0.867. The highest BCUT2D eigenvalue weighted by Gasteiger charge is 2.33. The fourth-order valence-electron chi connectivity index (χ4n) is 2.77. The van der Waals surface area contributed by atoms with E-state index in [1.165, 1.54) is 7.05 Å². The molecule has 7 nitrogen and oxygen atoms in total. The van der Waals surface area contributed by atoms with Gasteiger partial charge in [0.05, 0.1) is 6.54 Å². The van der Waals surface area contributed by atoms with E-state index in [1.807, 2.05) is 18.0 Å². The number of aromatic nitrogens is 1. The van der Waals surface area contributed by atoms with Crippen LogP contribution in [-0.2, 0) is 4.74 Å². The van der Waals surface area contributed by atoms with E-state index in [9.17, 15) is 9.59 Å². The number of H-pyrrole nitrogens is 1. The summed E-state index contributed by atoms with van der Waals surface area (Å²) < 4.78 is 5.34. The van der Waals surface area contributed by atoms with Crippen LogP contribution in [0.3, 0.4) is 0 Å². The number of rotatable bonds is 2. The molecular weight excluding hydrogens is 332 g/mol. The molecule has 1 aromatic heterocycles. The lowest BCUT2D eigenvalue weighted by atomic mass is 10.2. The smallest absolute Gasteiger partial charge is 0.408 e. The Morgan fingerprint density at radius 3 is 2.88 bits per heavy atom. The normalized spacial score (nSPS) is 18.6. The second-order valence-corrected chi connectivity index (χ2v) is 6.22. The van der Waals surface area contributed by atoms with Gasteiger partial charge < -0.3 is 15.0 Å². The number of hydrogen-bond donors (Lipinski definition) is 2. The number of nitrogens with one attached hydrogen (secondary N) is 2. The number of aromatic amines is 1. The molecule has 0 radical (unpaired) electrons. The van der Waals surface area contributed by atoms with Crippen LogP contribution in [0.15, 0.2) is 24.3 Å². The Hall–Kier alpha value is -2.25. The second kappa shape index (κ2) is 6.70. The maximum atomic E-state index is 12.9. The molecule has 1 atom stereocenters. The maximum Gasteiger partial charge on any atom is 0.408 e. The van der Waals surface area contributed by atoms with Gasteiger partial charge in [-0.3, -0.25) is 14.6 Å². The first-order valence-corrected chi connectivity index (χ1v) is 8.02. The fraction of sp³-hybridized carbons (Fsp3) is 0.375. The number of amides is 2. The lowest BCUT2D eigenvalue weighted by Crippen LogP contribution is -2.56. The summed E-state index contributed by atoms with van der Waals surface area (Å²) in [5.41, 5.74) is 1.28. The van der Waals surface area contributed by atoms with E-state index in [0.717, 1.165) is 10.9 Å². The number of alkyl carbamates (subject to hydrolysis) is 1. The molecule has 1 aliphatic heterocycles. The molecule has 0 spiro atoms. The molecule has 2 heterocycles. The Morgan fingerprint density at radius 1 is 1.33 bits per heavy atom. The number of ether oxygens (including phenoxy) is 1. The molecule has 2 amide bonds. The van der Waals surface area contributed by atoms with Gasteiger partial charge in [-0.05, 0) is 31.3 Å². The van der Waals surface area contributed by atoms with E-state index < -0.39 is 12.3 Å². The number of carbonyl (C=O) groups excluding carboxylic acids is 2. The summed E-state index contributed by atoms with van der Waals surface area (Å²) in [6.07, 6.45) is -1.19. The molecule has 1 aromatic carbocycles. The largest absolute Gasteiger partial charge is 0.424 e. The molecule has 3 rings (SSSR count). The van der Waals surface area contributed by atoms with Crippen molar-refractivity contribution in [2.75, 3.05) is 33.7 Å². The molecule has 1 aliphatic rings. The average molecular weight is 351 g/mol. The first-order chi connectivity index (χ1) is 11.5. The predicted octanol–water partition coefficient (Wildman–Crippen LogP) is 1.89. The molecule has 1 unspecified atom stereocenters. The van der Waals surface area contributed by atoms with Gasteiger partial charge in [0, 0.05) is 36.1 Å². The van der Waals surface area contributed by atoms with Crippen LogP contribution in [0.1, 0.15) is 10.5 Å². The van der Waals surface area contributed by atoms with Crippen LogP contribution in [0.2, 0.25) is 5.02 Å². The molecule has 2 N–H and O–H groups in total. The number of halogens is 1. The van der Waals surface area contributed by atoms with Crippen LogP contribution in [0.5, 0.6) is 0 Å². The minimum absolute atomic E-state index is 0.204. The van der Waals surface area contributed by atoms with Gasteiger partial charge in [0.2, 0.25) is 0 Å². The summed E-state index contributed by atoms with van der Waals surface area (Å²) in [7, 11) is 3.41. The molecule has 0 aliphatic carbocycles. The Kier molecular flexibility index (Phi) is 4.64. The van der Waals surface area contributed by atoms with E-state index in [4.69, 9.17) is 16.3 Å². The zero-order valence-corrected chi connectivity index (χ0v) is 14.3. The summed E-state index contributed by atoms with van der Waals surface area (Å²) >= 11 is 5.99. The Bertz CT molecular complexity index is 776. The van der Waals surface area contributed by atoms with Crippen molar-refractivity contribution in [1.29, 1.82) is 0 Å². The zero-order valence-electron chi connectivity index (χ0n) is 13.5. The minimum atomic E-state index is -0.633.